The maximum absolute atomic E-state index is 6.04. The lowest BCUT2D eigenvalue weighted by atomic mass is 9.91. The Morgan fingerprint density at radius 2 is 2.00 bits per heavy atom. The summed E-state index contributed by atoms with van der Waals surface area (Å²) in [6.07, 6.45) is 4.79. The van der Waals surface area contributed by atoms with Gasteiger partial charge in [0, 0.05) is 17.8 Å². The Labute approximate surface area is 105 Å². The Morgan fingerprint density at radius 1 is 1.24 bits per heavy atom. The van der Waals surface area contributed by atoms with E-state index in [-0.39, 0.29) is 0 Å². The number of nitrogens with two attached hydrogens (primary N) is 1. The number of hydrogen-bond donors (Lipinski definition) is 2. The summed E-state index contributed by atoms with van der Waals surface area (Å²) in [5.74, 6) is 0.566. The van der Waals surface area contributed by atoms with Gasteiger partial charge >= 0.3 is 0 Å². The zero-order valence-corrected chi connectivity index (χ0v) is 10.9. The van der Waals surface area contributed by atoms with Crippen molar-refractivity contribution < 1.29 is 0 Å². The van der Waals surface area contributed by atoms with E-state index in [0.29, 0.717) is 18.0 Å². The van der Waals surface area contributed by atoms with Gasteiger partial charge in [0.05, 0.1) is 0 Å². The summed E-state index contributed by atoms with van der Waals surface area (Å²) in [6.45, 7) is 4.49. The van der Waals surface area contributed by atoms with E-state index in [2.05, 4.69) is 43.4 Å². The van der Waals surface area contributed by atoms with Crippen molar-refractivity contribution in [3.63, 3.8) is 0 Å². The minimum Gasteiger partial charge on any atom is -0.382 e. The second-order valence-electron chi connectivity index (χ2n) is 5.51. The molecule has 0 spiro atoms. The lowest BCUT2D eigenvalue weighted by molar-refractivity contribution is 0.409. The van der Waals surface area contributed by atoms with E-state index in [1.165, 1.54) is 30.5 Å². The summed E-state index contributed by atoms with van der Waals surface area (Å²) < 4.78 is 0. The molecule has 1 aromatic carbocycles. The minimum atomic E-state index is 0.382. The molecule has 0 radical (unpaired) electrons. The van der Waals surface area contributed by atoms with Crippen LogP contribution < -0.4 is 11.1 Å². The van der Waals surface area contributed by atoms with Crippen LogP contribution in [0.3, 0.4) is 0 Å². The molecule has 94 valence electrons. The molecule has 3 N–H and O–H groups in total. The van der Waals surface area contributed by atoms with Crippen LogP contribution in [0.1, 0.15) is 51.0 Å². The molecule has 1 aromatic rings. The average Bonchev–Trinajstić information content (AvgIpc) is 2.29. The van der Waals surface area contributed by atoms with Crippen LogP contribution in [0, 0.1) is 0 Å². The zero-order chi connectivity index (χ0) is 12.3. The number of para-hydroxylation sites is 1. The summed E-state index contributed by atoms with van der Waals surface area (Å²) in [5.41, 5.74) is 8.74. The molecule has 17 heavy (non-hydrogen) atoms. The fourth-order valence-electron chi connectivity index (χ4n) is 2.71. The summed E-state index contributed by atoms with van der Waals surface area (Å²) in [6, 6.07) is 9.57. The van der Waals surface area contributed by atoms with Gasteiger partial charge in [-0.2, -0.15) is 0 Å². The Balaban J connectivity index is 2.07. The molecule has 1 saturated carbocycles. The van der Waals surface area contributed by atoms with Gasteiger partial charge in [-0.05, 0) is 43.2 Å². The molecule has 0 amide bonds. The molecule has 1 fully saturated rings. The number of nitrogens with one attached hydrogen (secondary N) is 1. The van der Waals surface area contributed by atoms with Gasteiger partial charge in [0.15, 0.2) is 0 Å². The first-order chi connectivity index (χ1) is 8.16. The van der Waals surface area contributed by atoms with Crippen molar-refractivity contribution in [2.45, 2.75) is 57.5 Å². The lowest BCUT2D eigenvalue weighted by Gasteiger charge is -2.29. The second kappa shape index (κ2) is 5.54. The third-order valence-corrected chi connectivity index (χ3v) is 3.66. The Bertz CT molecular complexity index is 360. The molecular weight excluding hydrogens is 208 g/mol. The van der Waals surface area contributed by atoms with Gasteiger partial charge in [0.2, 0.25) is 0 Å². The van der Waals surface area contributed by atoms with Gasteiger partial charge in [-0.25, -0.2) is 0 Å². The third kappa shape index (κ3) is 3.22. The summed E-state index contributed by atoms with van der Waals surface area (Å²) >= 11 is 0. The van der Waals surface area contributed by atoms with Crippen LogP contribution in [0.4, 0.5) is 5.69 Å². The fraction of sp³-hybridized carbons (Fsp3) is 0.600. The predicted molar refractivity (Wildman–Crippen MR) is 74.4 cm³/mol. The Hall–Kier alpha value is -1.02. The van der Waals surface area contributed by atoms with Crippen LogP contribution in [-0.2, 0) is 0 Å². The maximum atomic E-state index is 6.04. The van der Waals surface area contributed by atoms with E-state index in [4.69, 9.17) is 5.73 Å². The predicted octanol–water partition coefficient (Wildman–Crippen LogP) is 3.49. The number of hydrogen-bond acceptors (Lipinski definition) is 2. The van der Waals surface area contributed by atoms with E-state index in [0.717, 1.165) is 6.42 Å². The molecular formula is C15H24N2. The highest BCUT2D eigenvalue weighted by atomic mass is 14.9. The van der Waals surface area contributed by atoms with Crippen molar-refractivity contribution in [1.82, 2.24) is 0 Å². The number of benzene rings is 1. The van der Waals surface area contributed by atoms with Crippen molar-refractivity contribution in [2.24, 2.45) is 5.73 Å². The van der Waals surface area contributed by atoms with Crippen LogP contribution in [-0.4, -0.2) is 12.1 Å². The molecule has 0 aliphatic heterocycles. The standard InChI is InChI=1S/C15H24N2/c1-11(2)14-8-3-4-9-15(14)17-13-7-5-6-12(16)10-13/h3-4,8-9,11-13,17H,5-7,10,16H2,1-2H3. The second-order valence-corrected chi connectivity index (χ2v) is 5.51. The van der Waals surface area contributed by atoms with Crippen molar-refractivity contribution in [2.75, 3.05) is 5.32 Å². The van der Waals surface area contributed by atoms with Crippen molar-refractivity contribution in [3.05, 3.63) is 29.8 Å². The van der Waals surface area contributed by atoms with Gasteiger partial charge in [-0.1, -0.05) is 32.0 Å². The lowest BCUT2D eigenvalue weighted by Crippen LogP contribution is -2.35. The highest BCUT2D eigenvalue weighted by Gasteiger charge is 2.19. The summed E-state index contributed by atoms with van der Waals surface area (Å²) in [4.78, 5) is 0. The van der Waals surface area contributed by atoms with Gasteiger partial charge in [0.25, 0.3) is 0 Å². The quantitative estimate of drug-likeness (QED) is 0.837. The molecule has 1 aliphatic rings. The molecule has 2 nitrogen and oxygen atoms in total. The van der Waals surface area contributed by atoms with Crippen LogP contribution >= 0.6 is 0 Å². The smallest absolute Gasteiger partial charge is 0.0377 e. The van der Waals surface area contributed by atoms with Crippen LogP contribution in [0.5, 0.6) is 0 Å². The summed E-state index contributed by atoms with van der Waals surface area (Å²) in [5, 5.41) is 3.68. The van der Waals surface area contributed by atoms with E-state index in [1.54, 1.807) is 0 Å². The normalized spacial score (nSPS) is 24.9. The van der Waals surface area contributed by atoms with Crippen molar-refractivity contribution in [3.8, 4) is 0 Å². The van der Waals surface area contributed by atoms with Gasteiger partial charge in [0.1, 0.15) is 0 Å². The highest BCUT2D eigenvalue weighted by Crippen LogP contribution is 2.27. The molecule has 2 unspecified atom stereocenters. The van der Waals surface area contributed by atoms with E-state index < -0.39 is 0 Å². The molecule has 0 saturated heterocycles. The monoisotopic (exact) mass is 232 g/mol. The van der Waals surface area contributed by atoms with Crippen LogP contribution in [0.15, 0.2) is 24.3 Å². The first-order valence-corrected chi connectivity index (χ1v) is 6.78. The van der Waals surface area contributed by atoms with Crippen molar-refractivity contribution in [1.29, 1.82) is 0 Å². The molecule has 0 bridgehead atoms. The molecule has 2 rings (SSSR count). The van der Waals surface area contributed by atoms with Crippen molar-refractivity contribution >= 4 is 5.69 Å². The molecule has 0 aromatic heterocycles. The highest BCUT2D eigenvalue weighted by molar-refractivity contribution is 5.53. The van der Waals surface area contributed by atoms with Crippen LogP contribution in [0.2, 0.25) is 0 Å². The average molecular weight is 232 g/mol. The third-order valence-electron chi connectivity index (χ3n) is 3.66. The van der Waals surface area contributed by atoms with Gasteiger partial charge in [-0.15, -0.1) is 0 Å². The maximum Gasteiger partial charge on any atom is 0.0377 e. The Kier molecular flexibility index (Phi) is 4.06. The SMILES string of the molecule is CC(C)c1ccccc1NC1CCCC(N)C1. The number of anilines is 1. The first-order valence-electron chi connectivity index (χ1n) is 6.78. The largest absolute Gasteiger partial charge is 0.382 e. The van der Waals surface area contributed by atoms with Crippen LogP contribution in [0.25, 0.3) is 0 Å². The first kappa shape index (κ1) is 12.4. The summed E-state index contributed by atoms with van der Waals surface area (Å²) in [7, 11) is 0. The fourth-order valence-corrected chi connectivity index (χ4v) is 2.71. The minimum absolute atomic E-state index is 0.382. The molecule has 2 heteroatoms. The molecule has 2 atom stereocenters. The topological polar surface area (TPSA) is 38.0 Å². The van der Waals surface area contributed by atoms with Gasteiger partial charge in [-0.3, -0.25) is 0 Å². The Morgan fingerprint density at radius 3 is 2.71 bits per heavy atom. The number of rotatable bonds is 3. The van der Waals surface area contributed by atoms with E-state index in [1.807, 2.05) is 0 Å². The van der Waals surface area contributed by atoms with E-state index in [9.17, 15) is 0 Å². The molecule has 1 aliphatic carbocycles. The van der Waals surface area contributed by atoms with E-state index >= 15 is 0 Å². The van der Waals surface area contributed by atoms with Gasteiger partial charge < -0.3 is 11.1 Å². The zero-order valence-electron chi connectivity index (χ0n) is 10.9. The molecule has 0 heterocycles.